The highest BCUT2D eigenvalue weighted by atomic mass is 16.6. The lowest BCUT2D eigenvalue weighted by atomic mass is 10.0. The molecule has 0 aromatic rings. The van der Waals surface area contributed by atoms with Crippen LogP contribution in [-0.2, 0) is 33.4 Å². The van der Waals surface area contributed by atoms with Crippen molar-refractivity contribution in [1.29, 1.82) is 0 Å². The molecule has 0 radical (unpaired) electrons. The molecule has 0 spiro atoms. The Morgan fingerprint density at radius 3 is 1.64 bits per heavy atom. The number of rotatable bonds is 24. The lowest BCUT2D eigenvalue weighted by Gasteiger charge is -2.18. The minimum absolute atomic E-state index is 0.0776. The molecule has 0 amide bonds. The molecule has 0 fully saturated rings. The van der Waals surface area contributed by atoms with Gasteiger partial charge in [0.25, 0.3) is 0 Å². The Bertz CT molecular complexity index is 600. The smallest absolute Gasteiger partial charge is 0.308 e. The van der Waals surface area contributed by atoms with Gasteiger partial charge >= 0.3 is 17.9 Å². The summed E-state index contributed by atoms with van der Waals surface area (Å²) in [6.45, 7) is 5.60. The van der Waals surface area contributed by atoms with Gasteiger partial charge in [0, 0.05) is 12.8 Å². The summed E-state index contributed by atoms with van der Waals surface area (Å²) in [5.41, 5.74) is 0. The molecule has 1 unspecified atom stereocenters. The molecule has 0 rings (SSSR count). The Hall–Kier alpha value is -1.92. The molecular weight excluding hydrogens is 460 g/mol. The first-order valence-corrected chi connectivity index (χ1v) is 14.2. The topological polar surface area (TPSA) is 96.0 Å². The molecule has 0 aliphatic heterocycles. The van der Waals surface area contributed by atoms with E-state index in [-0.39, 0.29) is 43.5 Å². The van der Waals surface area contributed by atoms with E-state index in [1.165, 1.54) is 71.3 Å². The second-order valence-corrected chi connectivity index (χ2v) is 10.0. The minimum Gasteiger partial charge on any atom is -0.469 e. The van der Waals surface area contributed by atoms with Crippen LogP contribution in [0.25, 0.3) is 0 Å². The molecule has 0 bridgehead atoms. The maximum Gasteiger partial charge on any atom is 0.308 e. The number of unbranched alkanes of at least 4 members (excludes halogenated alkanes) is 12. The van der Waals surface area contributed by atoms with E-state index >= 15 is 0 Å². The lowest BCUT2D eigenvalue weighted by Crippen LogP contribution is -2.27. The van der Waals surface area contributed by atoms with Gasteiger partial charge < -0.3 is 14.2 Å². The van der Waals surface area contributed by atoms with Gasteiger partial charge in [0.2, 0.25) is 0 Å². The van der Waals surface area contributed by atoms with Crippen LogP contribution < -0.4 is 0 Å². The highest BCUT2D eigenvalue weighted by Crippen LogP contribution is 2.14. The lowest BCUT2D eigenvalue weighted by molar-refractivity contribution is -0.162. The number of ketones is 1. The molecule has 0 aliphatic rings. The van der Waals surface area contributed by atoms with Crippen molar-refractivity contribution in [3.8, 4) is 0 Å². The van der Waals surface area contributed by atoms with E-state index in [9.17, 15) is 19.2 Å². The second-order valence-electron chi connectivity index (χ2n) is 10.0. The third-order valence-corrected chi connectivity index (χ3v) is 6.25. The fourth-order valence-corrected chi connectivity index (χ4v) is 3.86. The monoisotopic (exact) mass is 512 g/mol. The summed E-state index contributed by atoms with van der Waals surface area (Å²) in [7, 11) is 1.25. The second kappa shape index (κ2) is 23.5. The van der Waals surface area contributed by atoms with Crippen LogP contribution in [0.1, 0.15) is 136 Å². The third-order valence-electron chi connectivity index (χ3n) is 6.25. The summed E-state index contributed by atoms with van der Waals surface area (Å²) in [4.78, 5) is 47.4. The van der Waals surface area contributed by atoms with Crippen LogP contribution in [0.5, 0.6) is 0 Å². The van der Waals surface area contributed by atoms with Crippen LogP contribution in [0.4, 0.5) is 0 Å². The first-order chi connectivity index (χ1) is 17.3. The molecule has 1 atom stereocenters. The van der Waals surface area contributed by atoms with E-state index in [1.807, 2.05) is 0 Å². The average molecular weight is 513 g/mol. The molecule has 210 valence electrons. The fourth-order valence-electron chi connectivity index (χ4n) is 3.86. The number of hydrogen-bond acceptors (Lipinski definition) is 7. The normalized spacial score (nSPS) is 11.8. The molecule has 36 heavy (non-hydrogen) atoms. The van der Waals surface area contributed by atoms with Crippen molar-refractivity contribution >= 4 is 23.7 Å². The minimum atomic E-state index is -0.701. The predicted octanol–water partition coefficient (Wildman–Crippen LogP) is 6.88. The zero-order valence-corrected chi connectivity index (χ0v) is 23.4. The Kier molecular flexibility index (Phi) is 22.2. The van der Waals surface area contributed by atoms with Crippen molar-refractivity contribution in [3.63, 3.8) is 0 Å². The van der Waals surface area contributed by atoms with Gasteiger partial charge in [-0.2, -0.15) is 0 Å². The summed E-state index contributed by atoms with van der Waals surface area (Å²) in [6.07, 6.45) is 16.6. The third kappa shape index (κ3) is 21.4. The maximum atomic E-state index is 12.3. The molecule has 0 N–H and O–H groups in total. The molecule has 0 aliphatic carbocycles. The van der Waals surface area contributed by atoms with E-state index in [1.54, 1.807) is 13.8 Å². The average Bonchev–Trinajstić information content (AvgIpc) is 2.86. The van der Waals surface area contributed by atoms with Crippen LogP contribution in [-0.4, -0.2) is 43.5 Å². The summed E-state index contributed by atoms with van der Waals surface area (Å²) in [5.74, 6) is -1.62. The molecule has 7 heteroatoms. The van der Waals surface area contributed by atoms with Crippen molar-refractivity contribution < 1.29 is 33.4 Å². The van der Waals surface area contributed by atoms with Crippen LogP contribution in [0.3, 0.4) is 0 Å². The number of esters is 3. The maximum absolute atomic E-state index is 12.3. The summed E-state index contributed by atoms with van der Waals surface area (Å²) >= 11 is 0. The first-order valence-electron chi connectivity index (χ1n) is 14.2. The van der Waals surface area contributed by atoms with Gasteiger partial charge in [-0.15, -0.1) is 0 Å². The number of Topliss-reactive ketones (excluding diaryl/α,β-unsaturated/α-hetero) is 1. The Morgan fingerprint density at radius 2 is 1.14 bits per heavy atom. The number of ether oxygens (including phenoxy) is 3. The standard InChI is InChI=1S/C29H52O7/c1-5-6-7-8-9-10-11-12-13-14-15-16-17-18-25(30)19-20-26(23-35-29(33)24(2)3)36-28(32)22-21-27(31)34-4/h24,26H,5-23H2,1-4H3. The van der Waals surface area contributed by atoms with Gasteiger partial charge in [-0.3, -0.25) is 19.2 Å². The number of carbonyl (C=O) groups is 4. The largest absolute Gasteiger partial charge is 0.469 e. The number of methoxy groups -OCH3 is 1. The number of carbonyl (C=O) groups excluding carboxylic acids is 4. The van der Waals surface area contributed by atoms with Gasteiger partial charge in [0.05, 0.1) is 25.9 Å². The SMILES string of the molecule is CCCCCCCCCCCCCCCC(=O)CCC(COC(=O)C(C)C)OC(=O)CCC(=O)OC. The van der Waals surface area contributed by atoms with Gasteiger partial charge in [-0.05, 0) is 12.8 Å². The summed E-state index contributed by atoms with van der Waals surface area (Å²) < 4.78 is 15.1. The number of hydrogen-bond donors (Lipinski definition) is 0. The quantitative estimate of drug-likeness (QED) is 0.0790. The Labute approximate surface area is 219 Å². The highest BCUT2D eigenvalue weighted by Gasteiger charge is 2.20. The molecule has 0 heterocycles. The van der Waals surface area contributed by atoms with E-state index in [0.29, 0.717) is 12.8 Å². The zero-order valence-electron chi connectivity index (χ0n) is 23.4. The van der Waals surface area contributed by atoms with Crippen LogP contribution in [0.15, 0.2) is 0 Å². The van der Waals surface area contributed by atoms with Crippen molar-refractivity contribution in [3.05, 3.63) is 0 Å². The molecular formula is C29H52O7. The van der Waals surface area contributed by atoms with E-state index in [0.717, 1.165) is 19.3 Å². The van der Waals surface area contributed by atoms with Crippen molar-refractivity contribution in [2.75, 3.05) is 13.7 Å². The Balaban J connectivity index is 4.04. The zero-order chi connectivity index (χ0) is 27.0. The molecule has 7 nitrogen and oxygen atoms in total. The first kappa shape index (κ1) is 34.1. The van der Waals surface area contributed by atoms with Gasteiger partial charge in [0.1, 0.15) is 18.5 Å². The fraction of sp³-hybridized carbons (Fsp3) is 0.862. The van der Waals surface area contributed by atoms with Crippen molar-refractivity contribution in [1.82, 2.24) is 0 Å². The molecule has 0 aromatic carbocycles. The molecule has 0 aromatic heterocycles. The molecule has 0 saturated heterocycles. The van der Waals surface area contributed by atoms with Crippen LogP contribution in [0, 0.1) is 5.92 Å². The Morgan fingerprint density at radius 1 is 0.639 bits per heavy atom. The van der Waals surface area contributed by atoms with E-state index in [2.05, 4.69) is 11.7 Å². The predicted molar refractivity (Wildman–Crippen MR) is 141 cm³/mol. The van der Waals surface area contributed by atoms with Crippen molar-refractivity contribution in [2.24, 2.45) is 5.92 Å². The van der Waals surface area contributed by atoms with Crippen LogP contribution in [0.2, 0.25) is 0 Å². The van der Waals surface area contributed by atoms with E-state index in [4.69, 9.17) is 9.47 Å². The van der Waals surface area contributed by atoms with E-state index < -0.39 is 18.0 Å². The summed E-state index contributed by atoms with van der Waals surface area (Å²) in [5, 5.41) is 0. The van der Waals surface area contributed by atoms with Crippen LogP contribution >= 0.6 is 0 Å². The van der Waals surface area contributed by atoms with Crippen molar-refractivity contribution in [2.45, 2.75) is 142 Å². The molecule has 0 saturated carbocycles. The summed E-state index contributed by atoms with van der Waals surface area (Å²) in [6, 6.07) is 0. The highest BCUT2D eigenvalue weighted by molar-refractivity contribution is 5.79. The van der Waals surface area contributed by atoms with Gasteiger partial charge in [-0.25, -0.2) is 0 Å². The van der Waals surface area contributed by atoms with Gasteiger partial charge in [-0.1, -0.05) is 97.8 Å². The van der Waals surface area contributed by atoms with Gasteiger partial charge in [0.15, 0.2) is 0 Å².